The van der Waals surface area contributed by atoms with E-state index in [1.54, 1.807) is 36.0 Å². The quantitative estimate of drug-likeness (QED) is 0.364. The molecule has 158 valence electrons. The van der Waals surface area contributed by atoms with E-state index in [2.05, 4.69) is 19.7 Å². The number of hydrogen-bond acceptors (Lipinski definition) is 7. The average molecular weight is 428 g/mol. The van der Waals surface area contributed by atoms with Crippen LogP contribution in [0.2, 0.25) is 0 Å². The van der Waals surface area contributed by atoms with Gasteiger partial charge < -0.3 is 9.64 Å². The Balaban J connectivity index is 1.14. The minimum absolute atomic E-state index is 0.174. The molecule has 0 bridgehead atoms. The fourth-order valence-electron chi connectivity index (χ4n) is 3.98. The number of aromatic nitrogens is 3. The molecule has 5 rings (SSSR count). The fraction of sp³-hybridized carbons (Fsp3) is 0.524. The van der Waals surface area contributed by atoms with Crippen molar-refractivity contribution in [3.8, 4) is 0 Å². The molecule has 2 aromatic rings. The van der Waals surface area contributed by atoms with Gasteiger partial charge in [-0.3, -0.25) is 19.1 Å². The number of carbonyl (C=O) groups excluding carboxylic acids is 2. The van der Waals surface area contributed by atoms with E-state index in [4.69, 9.17) is 4.74 Å². The lowest BCUT2D eigenvalue weighted by molar-refractivity contribution is 0.0652. The molecule has 2 amide bonds. The van der Waals surface area contributed by atoms with Crippen molar-refractivity contribution in [2.45, 2.75) is 36.9 Å². The van der Waals surface area contributed by atoms with Crippen molar-refractivity contribution >= 4 is 29.5 Å². The van der Waals surface area contributed by atoms with Crippen LogP contribution in [0.3, 0.4) is 0 Å². The van der Waals surface area contributed by atoms with Crippen LogP contribution in [0, 0.1) is 0 Å². The van der Waals surface area contributed by atoms with E-state index >= 15 is 0 Å². The maximum atomic E-state index is 12.4. The number of imide groups is 1. The van der Waals surface area contributed by atoms with Crippen LogP contribution < -0.4 is 4.90 Å². The smallest absolute Gasteiger partial charge is 0.261 e. The van der Waals surface area contributed by atoms with Crippen molar-refractivity contribution in [2.24, 2.45) is 0 Å². The molecule has 0 unspecified atom stereocenters. The van der Waals surface area contributed by atoms with Gasteiger partial charge in [-0.2, -0.15) is 0 Å². The molecule has 30 heavy (non-hydrogen) atoms. The molecule has 1 aromatic heterocycles. The molecule has 0 spiro atoms. The number of carbonyl (C=O) groups is 2. The Morgan fingerprint density at radius 3 is 2.37 bits per heavy atom. The van der Waals surface area contributed by atoms with Gasteiger partial charge >= 0.3 is 0 Å². The predicted octanol–water partition coefficient (Wildman–Crippen LogP) is 2.62. The summed E-state index contributed by atoms with van der Waals surface area (Å²) >= 11 is 1.71. The summed E-state index contributed by atoms with van der Waals surface area (Å²) in [6.07, 6.45) is 4.06. The number of fused-ring (bicyclic) bond motifs is 1. The van der Waals surface area contributed by atoms with Crippen LogP contribution >= 0.6 is 11.8 Å². The average Bonchev–Trinajstić information content (AvgIpc) is 3.49. The van der Waals surface area contributed by atoms with Crippen LogP contribution in [0.1, 0.15) is 52.4 Å². The minimum atomic E-state index is -0.174. The van der Waals surface area contributed by atoms with Gasteiger partial charge in [-0.05, 0) is 37.8 Å². The lowest BCUT2D eigenvalue weighted by atomic mass is 10.1. The van der Waals surface area contributed by atoms with E-state index in [0.717, 1.165) is 56.0 Å². The van der Waals surface area contributed by atoms with Gasteiger partial charge in [0.25, 0.3) is 11.8 Å². The third-order valence-corrected chi connectivity index (χ3v) is 6.77. The Bertz CT molecular complexity index is 917. The van der Waals surface area contributed by atoms with Crippen molar-refractivity contribution in [1.29, 1.82) is 0 Å². The second-order valence-electron chi connectivity index (χ2n) is 7.85. The second-order valence-corrected chi connectivity index (χ2v) is 8.91. The monoisotopic (exact) mass is 427 g/mol. The number of anilines is 1. The Labute approximate surface area is 179 Å². The summed E-state index contributed by atoms with van der Waals surface area (Å²) in [7, 11) is 0. The number of thioether (sulfide) groups is 1. The van der Waals surface area contributed by atoms with Crippen molar-refractivity contribution in [3.05, 3.63) is 35.4 Å². The van der Waals surface area contributed by atoms with Gasteiger partial charge in [0, 0.05) is 31.4 Å². The molecule has 2 aliphatic heterocycles. The summed E-state index contributed by atoms with van der Waals surface area (Å²) in [5, 5.41) is 9.90. The van der Waals surface area contributed by atoms with Crippen molar-refractivity contribution in [3.63, 3.8) is 0 Å². The summed E-state index contributed by atoms with van der Waals surface area (Å²) < 4.78 is 7.75. The molecule has 3 aliphatic rings. The Morgan fingerprint density at radius 1 is 1.00 bits per heavy atom. The molecule has 2 fully saturated rings. The van der Waals surface area contributed by atoms with Gasteiger partial charge in [0.2, 0.25) is 5.95 Å². The molecule has 0 N–H and O–H groups in total. The highest BCUT2D eigenvalue weighted by Gasteiger charge is 2.35. The predicted molar refractivity (Wildman–Crippen MR) is 113 cm³/mol. The van der Waals surface area contributed by atoms with Crippen molar-refractivity contribution < 1.29 is 14.3 Å². The highest BCUT2D eigenvalue weighted by atomic mass is 32.2. The number of nitrogens with zero attached hydrogens (tertiary/aromatic N) is 5. The van der Waals surface area contributed by atoms with E-state index in [-0.39, 0.29) is 11.8 Å². The molecule has 9 heteroatoms. The van der Waals surface area contributed by atoms with Crippen molar-refractivity contribution in [2.75, 3.05) is 43.5 Å². The van der Waals surface area contributed by atoms with Crippen LogP contribution in [-0.4, -0.2) is 70.1 Å². The fourth-order valence-corrected chi connectivity index (χ4v) is 4.98. The van der Waals surface area contributed by atoms with E-state index < -0.39 is 0 Å². The zero-order chi connectivity index (χ0) is 20.5. The van der Waals surface area contributed by atoms with E-state index in [1.165, 1.54) is 17.7 Å². The van der Waals surface area contributed by atoms with E-state index in [9.17, 15) is 9.59 Å². The largest absolute Gasteiger partial charge is 0.378 e. The van der Waals surface area contributed by atoms with Gasteiger partial charge in [0.05, 0.1) is 24.3 Å². The lowest BCUT2D eigenvalue weighted by Gasteiger charge is -2.27. The van der Waals surface area contributed by atoms with Crippen molar-refractivity contribution in [1.82, 2.24) is 19.7 Å². The van der Waals surface area contributed by atoms with Gasteiger partial charge in [0.1, 0.15) is 0 Å². The summed E-state index contributed by atoms with van der Waals surface area (Å²) in [6, 6.07) is 7.56. The first kappa shape index (κ1) is 19.6. The number of hydrogen-bond donors (Lipinski definition) is 0. The Kier molecular flexibility index (Phi) is 5.47. The molecular weight excluding hydrogens is 402 g/mol. The SMILES string of the molecule is O=C1c2ccccc2C(=O)N1CCCCSc1nnc(N2CCOCC2)n1C1CC1. The number of amides is 2. The number of unbranched alkanes of at least 4 members (excludes halogenated alkanes) is 1. The first-order valence-electron chi connectivity index (χ1n) is 10.6. The number of rotatable bonds is 8. The molecule has 1 aliphatic carbocycles. The number of morpholine rings is 1. The zero-order valence-electron chi connectivity index (χ0n) is 16.8. The maximum Gasteiger partial charge on any atom is 0.261 e. The Morgan fingerprint density at radius 2 is 1.70 bits per heavy atom. The molecule has 3 heterocycles. The second kappa shape index (κ2) is 8.39. The summed E-state index contributed by atoms with van der Waals surface area (Å²) in [6.45, 7) is 3.64. The maximum absolute atomic E-state index is 12.4. The van der Waals surface area contributed by atoms with E-state index in [0.29, 0.717) is 23.7 Å². The Hall–Kier alpha value is -2.39. The van der Waals surface area contributed by atoms with Gasteiger partial charge in [-0.25, -0.2) is 0 Å². The third-order valence-electron chi connectivity index (χ3n) is 5.74. The van der Waals surface area contributed by atoms with Gasteiger partial charge in [0.15, 0.2) is 5.16 Å². The standard InChI is InChI=1S/C21H25N5O3S/c27-18-16-5-1-2-6-17(16)19(28)25(18)9-3-4-14-30-21-23-22-20(26(21)15-7-8-15)24-10-12-29-13-11-24/h1-2,5-6,15H,3-4,7-14H2. The first-order valence-corrected chi connectivity index (χ1v) is 11.6. The van der Waals surface area contributed by atoms with Crippen LogP contribution in [-0.2, 0) is 4.74 Å². The third kappa shape index (κ3) is 3.72. The van der Waals surface area contributed by atoms with Gasteiger partial charge in [-0.1, -0.05) is 23.9 Å². The normalized spacial score (nSPS) is 18.9. The summed E-state index contributed by atoms with van der Waals surface area (Å²) in [5.41, 5.74) is 1.04. The molecule has 1 saturated carbocycles. The molecule has 1 aromatic carbocycles. The molecule has 0 radical (unpaired) electrons. The van der Waals surface area contributed by atoms with E-state index in [1.807, 2.05) is 0 Å². The van der Waals surface area contributed by atoms with Crippen LogP contribution in [0.5, 0.6) is 0 Å². The van der Waals surface area contributed by atoms with Crippen LogP contribution in [0.15, 0.2) is 29.4 Å². The van der Waals surface area contributed by atoms with Gasteiger partial charge in [-0.15, -0.1) is 10.2 Å². The highest BCUT2D eigenvalue weighted by molar-refractivity contribution is 7.99. The van der Waals surface area contributed by atoms with Crippen LogP contribution in [0.4, 0.5) is 5.95 Å². The molecule has 0 atom stereocenters. The topological polar surface area (TPSA) is 80.6 Å². The molecule has 8 nitrogen and oxygen atoms in total. The first-order chi connectivity index (χ1) is 14.7. The van der Waals surface area contributed by atoms with Crippen LogP contribution in [0.25, 0.3) is 0 Å². The summed E-state index contributed by atoms with van der Waals surface area (Å²) in [5.74, 6) is 1.50. The minimum Gasteiger partial charge on any atom is -0.378 e. The molecule has 1 saturated heterocycles. The number of ether oxygens (including phenoxy) is 1. The lowest BCUT2D eigenvalue weighted by Crippen LogP contribution is -2.38. The zero-order valence-corrected chi connectivity index (χ0v) is 17.6. The highest BCUT2D eigenvalue weighted by Crippen LogP contribution is 2.41. The molecular formula is C21H25N5O3S. The summed E-state index contributed by atoms with van der Waals surface area (Å²) in [4.78, 5) is 28.5. The number of benzene rings is 1.